The van der Waals surface area contributed by atoms with E-state index in [1.807, 2.05) is 0 Å². The van der Waals surface area contributed by atoms with Gasteiger partial charge < -0.3 is 18.9 Å². The number of pyridine rings is 1. The van der Waals surface area contributed by atoms with Crippen molar-refractivity contribution < 1.29 is 36.8 Å². The number of amides is 3. The predicted octanol–water partition coefficient (Wildman–Crippen LogP) is 5.43. The van der Waals surface area contributed by atoms with Crippen LogP contribution in [0.3, 0.4) is 0 Å². The number of ether oxygens (including phenoxy) is 2. The zero-order valence-electron chi connectivity index (χ0n) is 22.7. The Hall–Kier alpha value is -4.62. The second-order valence-electron chi connectivity index (χ2n) is 10.6. The van der Waals surface area contributed by atoms with Crippen LogP contribution >= 0.6 is 0 Å². The molecule has 14 heteroatoms. The fourth-order valence-corrected chi connectivity index (χ4v) is 4.44. The number of nitrogens with zero attached hydrogens (tertiary/aromatic N) is 5. The molecule has 0 saturated carbocycles. The van der Waals surface area contributed by atoms with Crippen molar-refractivity contribution in [3.63, 3.8) is 0 Å². The second kappa shape index (κ2) is 10.7. The maximum absolute atomic E-state index is 14.6. The van der Waals surface area contributed by atoms with E-state index in [-0.39, 0.29) is 35.9 Å². The smallest absolute Gasteiger partial charge is 0.413 e. The second-order valence-corrected chi connectivity index (χ2v) is 10.6. The third-order valence-electron chi connectivity index (χ3n) is 6.27. The summed E-state index contributed by atoms with van der Waals surface area (Å²) in [6, 6.07) is 3.32. The Labute approximate surface area is 232 Å². The van der Waals surface area contributed by atoms with Crippen molar-refractivity contribution >= 4 is 24.2 Å². The maximum atomic E-state index is 14.6. The molecule has 1 fully saturated rings. The fourth-order valence-electron chi connectivity index (χ4n) is 4.44. The molecule has 1 N–H and O–H groups in total. The lowest BCUT2D eigenvalue weighted by molar-refractivity contribution is 0.0256. The Balaban J connectivity index is 1.25. The molecule has 3 amide bonds. The highest BCUT2D eigenvalue weighted by Crippen LogP contribution is 2.35. The lowest BCUT2D eigenvalue weighted by Crippen LogP contribution is -2.58. The van der Waals surface area contributed by atoms with Crippen molar-refractivity contribution in [2.75, 3.05) is 18.4 Å². The molecule has 5 rings (SSSR count). The van der Waals surface area contributed by atoms with Gasteiger partial charge in [-0.15, -0.1) is 0 Å². The van der Waals surface area contributed by atoms with Gasteiger partial charge in [0.15, 0.2) is 17.4 Å². The van der Waals surface area contributed by atoms with E-state index in [1.165, 1.54) is 34.3 Å². The van der Waals surface area contributed by atoms with Crippen LogP contribution in [-0.2, 0) is 4.74 Å². The van der Waals surface area contributed by atoms with Crippen LogP contribution < -0.4 is 10.1 Å². The van der Waals surface area contributed by atoms with Gasteiger partial charge in [-0.2, -0.15) is 5.10 Å². The molecular formula is C27H27F3N6O5. The number of anilines is 1. The van der Waals surface area contributed by atoms with Crippen molar-refractivity contribution in [2.24, 2.45) is 5.10 Å². The van der Waals surface area contributed by atoms with Crippen molar-refractivity contribution in [1.82, 2.24) is 20.0 Å². The number of halogens is 3. The topological polar surface area (TPSA) is 122 Å². The average Bonchev–Trinajstić information content (AvgIpc) is 3.47. The van der Waals surface area contributed by atoms with Crippen molar-refractivity contribution in [3.8, 4) is 17.0 Å². The minimum absolute atomic E-state index is 0.0427. The van der Waals surface area contributed by atoms with E-state index >= 15 is 0 Å². The molecule has 2 aliphatic heterocycles. The Kier molecular flexibility index (Phi) is 7.32. The summed E-state index contributed by atoms with van der Waals surface area (Å²) in [5.74, 6) is -1.98. The molecule has 2 aliphatic rings. The van der Waals surface area contributed by atoms with E-state index in [1.54, 1.807) is 27.7 Å². The van der Waals surface area contributed by atoms with Crippen LogP contribution in [0.15, 0.2) is 40.1 Å². The van der Waals surface area contributed by atoms with E-state index in [2.05, 4.69) is 20.6 Å². The predicted molar refractivity (Wildman–Crippen MR) is 140 cm³/mol. The number of carbonyl (C=O) groups excluding carboxylic acids is 2. The molecule has 0 unspecified atom stereocenters. The molecule has 1 saturated heterocycles. The van der Waals surface area contributed by atoms with Gasteiger partial charge in [0.1, 0.15) is 29.1 Å². The number of benzene rings is 1. The first-order valence-electron chi connectivity index (χ1n) is 12.7. The Morgan fingerprint density at radius 2 is 1.80 bits per heavy atom. The SMILES string of the molecule is Cc1onc(NC(=O)OC(C)(C)C)c1-c1cc(OC2CN(C(=O)N3N=CC[C@H]3c3cc(F)cc(F)c3)C2)c(F)cn1. The number of aryl methyl sites for hydroxylation is 1. The molecule has 3 aromatic rings. The van der Waals surface area contributed by atoms with Gasteiger partial charge in [0.25, 0.3) is 0 Å². The molecule has 4 heterocycles. The number of nitrogens with one attached hydrogen (secondary N) is 1. The van der Waals surface area contributed by atoms with Crippen LogP contribution in [0.5, 0.6) is 5.75 Å². The number of carbonyl (C=O) groups is 2. The van der Waals surface area contributed by atoms with E-state index in [0.29, 0.717) is 17.7 Å². The van der Waals surface area contributed by atoms with Crippen LogP contribution in [0.25, 0.3) is 11.3 Å². The minimum atomic E-state index is -0.753. The molecule has 41 heavy (non-hydrogen) atoms. The summed E-state index contributed by atoms with van der Waals surface area (Å²) in [7, 11) is 0. The summed E-state index contributed by atoms with van der Waals surface area (Å²) >= 11 is 0. The van der Waals surface area contributed by atoms with Gasteiger partial charge in [-0.25, -0.2) is 27.8 Å². The largest absolute Gasteiger partial charge is 0.483 e. The van der Waals surface area contributed by atoms with Crippen LogP contribution in [0.1, 0.15) is 44.6 Å². The monoisotopic (exact) mass is 572 g/mol. The van der Waals surface area contributed by atoms with Crippen LogP contribution in [-0.4, -0.2) is 63.2 Å². The first-order valence-corrected chi connectivity index (χ1v) is 12.7. The van der Waals surface area contributed by atoms with Crippen LogP contribution in [0, 0.1) is 24.4 Å². The zero-order valence-corrected chi connectivity index (χ0v) is 22.7. The highest BCUT2D eigenvalue weighted by Gasteiger charge is 2.39. The first kappa shape index (κ1) is 27.9. The number of hydrazone groups is 1. The van der Waals surface area contributed by atoms with Gasteiger partial charge in [0.2, 0.25) is 0 Å². The summed E-state index contributed by atoms with van der Waals surface area (Å²) in [4.78, 5) is 30.8. The van der Waals surface area contributed by atoms with E-state index < -0.39 is 47.3 Å². The lowest BCUT2D eigenvalue weighted by atomic mass is 10.0. The van der Waals surface area contributed by atoms with Gasteiger partial charge >= 0.3 is 12.1 Å². The number of rotatable bonds is 5. The summed E-state index contributed by atoms with van der Waals surface area (Å²) in [6.07, 6.45) is 1.49. The van der Waals surface area contributed by atoms with Crippen molar-refractivity contribution in [2.45, 2.75) is 51.9 Å². The minimum Gasteiger partial charge on any atom is -0.483 e. The average molecular weight is 573 g/mol. The summed E-state index contributed by atoms with van der Waals surface area (Å²) in [5, 5.41) is 11.6. The molecule has 0 aliphatic carbocycles. The van der Waals surface area contributed by atoms with Gasteiger partial charge in [-0.05, 0) is 45.4 Å². The molecule has 0 radical (unpaired) electrons. The summed E-state index contributed by atoms with van der Waals surface area (Å²) in [5.41, 5.74) is 0.0980. The molecular weight excluding hydrogens is 545 g/mol. The molecule has 11 nitrogen and oxygen atoms in total. The highest BCUT2D eigenvalue weighted by atomic mass is 19.1. The van der Waals surface area contributed by atoms with Gasteiger partial charge in [0, 0.05) is 24.8 Å². The van der Waals surface area contributed by atoms with Crippen LogP contribution in [0.4, 0.5) is 28.6 Å². The van der Waals surface area contributed by atoms with Gasteiger partial charge in [-0.3, -0.25) is 10.3 Å². The Morgan fingerprint density at radius 3 is 2.49 bits per heavy atom. The number of aromatic nitrogens is 2. The molecule has 1 aromatic carbocycles. The van der Waals surface area contributed by atoms with E-state index in [4.69, 9.17) is 14.0 Å². The molecule has 216 valence electrons. The van der Waals surface area contributed by atoms with Gasteiger partial charge in [0.05, 0.1) is 36.6 Å². The molecule has 0 bridgehead atoms. The molecule has 1 atom stereocenters. The Morgan fingerprint density at radius 1 is 1.10 bits per heavy atom. The number of urea groups is 1. The van der Waals surface area contributed by atoms with Crippen molar-refractivity contribution in [3.05, 3.63) is 59.2 Å². The maximum Gasteiger partial charge on any atom is 0.413 e. The quantitative estimate of drug-likeness (QED) is 0.433. The summed E-state index contributed by atoms with van der Waals surface area (Å²) < 4.78 is 58.4. The normalized spacial score (nSPS) is 17.0. The molecule has 2 aromatic heterocycles. The number of hydrogen-bond acceptors (Lipinski definition) is 8. The first-order chi connectivity index (χ1) is 19.4. The third kappa shape index (κ3) is 6.10. The number of hydrogen-bond donors (Lipinski definition) is 1. The van der Waals surface area contributed by atoms with Crippen molar-refractivity contribution in [1.29, 1.82) is 0 Å². The Bertz CT molecular complexity index is 1500. The van der Waals surface area contributed by atoms with E-state index in [9.17, 15) is 22.8 Å². The van der Waals surface area contributed by atoms with Crippen LogP contribution in [0.2, 0.25) is 0 Å². The lowest BCUT2D eigenvalue weighted by Gasteiger charge is -2.41. The zero-order chi connectivity index (χ0) is 29.5. The fraction of sp³-hybridized carbons (Fsp3) is 0.370. The molecule has 0 spiro atoms. The van der Waals surface area contributed by atoms with E-state index in [0.717, 1.165) is 12.3 Å². The van der Waals surface area contributed by atoms with Gasteiger partial charge in [-0.1, -0.05) is 5.16 Å². The number of likely N-dealkylation sites (tertiary alicyclic amines) is 1. The summed E-state index contributed by atoms with van der Waals surface area (Å²) in [6.45, 7) is 7.00. The third-order valence-corrected chi connectivity index (χ3v) is 6.27. The standard InChI is InChI=1S/C27H27F3N6O5/c1-14-23(24(34-41-14)33-25(37)40-27(2,3)4)20-10-22(19(30)11-31-20)39-18-12-35(13-18)26(38)36-21(5-6-32-36)15-7-16(28)9-17(29)8-15/h6-11,18,21H,5,12-13H2,1-4H3,(H,33,34,37)/t21-/m0/s1. The highest BCUT2D eigenvalue weighted by molar-refractivity contribution is 5.89.